The van der Waals surface area contributed by atoms with Gasteiger partial charge < -0.3 is 15.7 Å². The van der Waals surface area contributed by atoms with E-state index < -0.39 is 35.3 Å². The Kier molecular flexibility index (Phi) is 4.81. The van der Waals surface area contributed by atoms with Crippen LogP contribution in [0.1, 0.15) is 11.7 Å². The maximum Gasteiger partial charge on any atom is 0.319 e. The van der Waals surface area contributed by atoms with Gasteiger partial charge >= 0.3 is 6.03 Å². The molecular weight excluding hydrogens is 305 g/mol. The lowest BCUT2D eigenvalue weighted by molar-refractivity contribution is 0.175. The maximum absolute atomic E-state index is 13.3. The lowest BCUT2D eigenvalue weighted by Crippen LogP contribution is -2.32. The Morgan fingerprint density at radius 2 is 1.95 bits per heavy atom. The zero-order valence-electron chi connectivity index (χ0n) is 10.6. The Balaban J connectivity index is 1.93. The molecule has 1 heterocycles. The molecule has 0 saturated carbocycles. The summed E-state index contributed by atoms with van der Waals surface area (Å²) in [5.41, 5.74) is -0.127. The predicted octanol–water partition coefficient (Wildman–Crippen LogP) is 3.02. The molecule has 1 aromatic carbocycles. The lowest BCUT2D eigenvalue weighted by Gasteiger charge is -2.12. The average Bonchev–Trinajstić information content (AvgIpc) is 2.94. The van der Waals surface area contributed by atoms with Gasteiger partial charge in [-0.05, 0) is 22.4 Å². The van der Waals surface area contributed by atoms with Crippen molar-refractivity contribution in [3.63, 3.8) is 0 Å². The quantitative estimate of drug-likeness (QED) is 0.812. The maximum atomic E-state index is 13.3. The van der Waals surface area contributed by atoms with Crippen molar-refractivity contribution in [3.05, 3.63) is 52.0 Å². The van der Waals surface area contributed by atoms with E-state index in [1.807, 2.05) is 5.32 Å². The van der Waals surface area contributed by atoms with Crippen LogP contribution in [0.4, 0.5) is 23.7 Å². The fourth-order valence-corrected chi connectivity index (χ4v) is 2.30. The Morgan fingerprint density at radius 3 is 2.52 bits per heavy atom. The number of anilines is 1. The van der Waals surface area contributed by atoms with E-state index in [-0.39, 0.29) is 6.54 Å². The molecule has 21 heavy (non-hydrogen) atoms. The van der Waals surface area contributed by atoms with Gasteiger partial charge in [-0.1, -0.05) is 0 Å². The minimum absolute atomic E-state index is 0.132. The van der Waals surface area contributed by atoms with Crippen molar-refractivity contribution >= 4 is 23.1 Å². The first-order chi connectivity index (χ1) is 9.97. The van der Waals surface area contributed by atoms with Crippen molar-refractivity contribution in [2.75, 3.05) is 11.9 Å². The minimum atomic E-state index is -1.22. The van der Waals surface area contributed by atoms with Gasteiger partial charge in [0.1, 0.15) is 11.5 Å². The summed E-state index contributed by atoms with van der Waals surface area (Å²) >= 11 is 1.39. The van der Waals surface area contributed by atoms with Crippen LogP contribution in [0.15, 0.2) is 29.0 Å². The molecule has 0 saturated heterocycles. The number of aliphatic hydroxyl groups excluding tert-OH is 1. The van der Waals surface area contributed by atoms with Gasteiger partial charge in [-0.25, -0.2) is 18.0 Å². The number of rotatable bonds is 4. The zero-order valence-corrected chi connectivity index (χ0v) is 11.4. The molecule has 0 bridgehead atoms. The van der Waals surface area contributed by atoms with E-state index in [0.717, 1.165) is 0 Å². The van der Waals surface area contributed by atoms with Crippen molar-refractivity contribution in [2.24, 2.45) is 0 Å². The first kappa shape index (κ1) is 15.3. The lowest BCUT2D eigenvalue weighted by atomic mass is 10.2. The number of carbonyl (C=O) groups excluding carboxylic acids is 1. The van der Waals surface area contributed by atoms with Gasteiger partial charge in [0.2, 0.25) is 0 Å². The molecule has 0 aliphatic heterocycles. The van der Waals surface area contributed by atoms with Gasteiger partial charge in [-0.15, -0.1) is 0 Å². The molecule has 1 unspecified atom stereocenters. The zero-order chi connectivity index (χ0) is 15.4. The highest BCUT2D eigenvalue weighted by Crippen LogP contribution is 2.20. The van der Waals surface area contributed by atoms with Gasteiger partial charge in [0.05, 0.1) is 6.10 Å². The largest absolute Gasteiger partial charge is 0.387 e. The van der Waals surface area contributed by atoms with Crippen LogP contribution in [0.2, 0.25) is 0 Å². The summed E-state index contributed by atoms with van der Waals surface area (Å²) in [6.07, 6.45) is -0.926. The summed E-state index contributed by atoms with van der Waals surface area (Å²) in [6, 6.07) is 1.69. The van der Waals surface area contributed by atoms with Gasteiger partial charge in [0, 0.05) is 18.7 Å². The van der Waals surface area contributed by atoms with Crippen LogP contribution in [-0.2, 0) is 0 Å². The molecule has 4 nitrogen and oxygen atoms in total. The third-order valence-corrected chi connectivity index (χ3v) is 3.33. The highest BCUT2D eigenvalue weighted by Gasteiger charge is 2.15. The summed E-state index contributed by atoms with van der Waals surface area (Å²) in [4.78, 5) is 11.5. The van der Waals surface area contributed by atoms with E-state index in [4.69, 9.17) is 0 Å². The smallest absolute Gasteiger partial charge is 0.319 e. The van der Waals surface area contributed by atoms with Crippen molar-refractivity contribution in [1.82, 2.24) is 5.32 Å². The number of amides is 2. The van der Waals surface area contributed by atoms with Crippen LogP contribution >= 0.6 is 11.3 Å². The summed E-state index contributed by atoms with van der Waals surface area (Å²) in [6.45, 7) is -0.132. The topological polar surface area (TPSA) is 61.4 Å². The molecule has 8 heteroatoms. The molecule has 0 aliphatic rings. The van der Waals surface area contributed by atoms with E-state index in [2.05, 4.69) is 5.32 Å². The summed E-state index contributed by atoms with van der Waals surface area (Å²) < 4.78 is 39.4. The third kappa shape index (κ3) is 3.96. The normalized spacial score (nSPS) is 12.0. The Hall–Kier alpha value is -2.06. The fraction of sp³-hybridized carbons (Fsp3) is 0.154. The number of urea groups is 1. The molecule has 0 radical (unpaired) electrons. The molecular formula is C13H11F3N2O2S. The van der Waals surface area contributed by atoms with E-state index in [1.54, 1.807) is 16.8 Å². The molecule has 0 aliphatic carbocycles. The molecule has 1 aromatic heterocycles. The molecule has 2 amide bonds. The number of nitrogens with one attached hydrogen (secondary N) is 2. The van der Waals surface area contributed by atoms with Gasteiger partial charge in [-0.3, -0.25) is 0 Å². The van der Waals surface area contributed by atoms with Crippen LogP contribution in [0.25, 0.3) is 0 Å². The summed E-state index contributed by atoms with van der Waals surface area (Å²) in [5, 5.41) is 17.4. The first-order valence-electron chi connectivity index (χ1n) is 5.87. The van der Waals surface area contributed by atoms with Crippen molar-refractivity contribution in [3.8, 4) is 0 Å². The number of hydrogen-bond acceptors (Lipinski definition) is 3. The Labute approximate surface area is 122 Å². The number of carbonyl (C=O) groups is 1. The molecule has 1 atom stereocenters. The van der Waals surface area contributed by atoms with Crippen LogP contribution in [0.5, 0.6) is 0 Å². The number of hydrogen-bond donors (Lipinski definition) is 3. The third-order valence-electron chi connectivity index (χ3n) is 2.63. The van der Waals surface area contributed by atoms with Crippen LogP contribution in [0.3, 0.4) is 0 Å². The Bertz CT molecular complexity index is 611. The predicted molar refractivity (Wildman–Crippen MR) is 72.6 cm³/mol. The van der Waals surface area contributed by atoms with Crippen molar-refractivity contribution in [2.45, 2.75) is 6.10 Å². The van der Waals surface area contributed by atoms with E-state index in [0.29, 0.717) is 17.7 Å². The average molecular weight is 316 g/mol. The number of benzene rings is 1. The molecule has 0 spiro atoms. The minimum Gasteiger partial charge on any atom is -0.387 e. The number of thiophene rings is 1. The highest BCUT2D eigenvalue weighted by atomic mass is 32.1. The summed E-state index contributed by atoms with van der Waals surface area (Å²) in [7, 11) is 0. The van der Waals surface area contributed by atoms with Gasteiger partial charge in [-0.2, -0.15) is 11.3 Å². The van der Waals surface area contributed by atoms with Crippen molar-refractivity contribution in [1.29, 1.82) is 0 Å². The number of halogens is 3. The SMILES string of the molecule is O=C(NCC(O)c1ccsc1)Nc1c(F)cc(F)cc1F. The Morgan fingerprint density at radius 1 is 1.29 bits per heavy atom. The second-order valence-corrected chi connectivity index (χ2v) is 4.93. The first-order valence-corrected chi connectivity index (χ1v) is 6.81. The molecule has 112 valence electrons. The molecule has 2 aromatic rings. The molecule has 0 fully saturated rings. The fourth-order valence-electron chi connectivity index (χ4n) is 1.59. The monoisotopic (exact) mass is 316 g/mol. The van der Waals surface area contributed by atoms with E-state index >= 15 is 0 Å². The second kappa shape index (κ2) is 6.59. The molecule has 2 rings (SSSR count). The van der Waals surface area contributed by atoms with Crippen LogP contribution in [-0.4, -0.2) is 17.7 Å². The number of aliphatic hydroxyl groups is 1. The highest BCUT2D eigenvalue weighted by molar-refractivity contribution is 7.07. The second-order valence-electron chi connectivity index (χ2n) is 4.15. The van der Waals surface area contributed by atoms with Crippen LogP contribution in [0, 0.1) is 17.5 Å². The van der Waals surface area contributed by atoms with Crippen molar-refractivity contribution < 1.29 is 23.1 Å². The van der Waals surface area contributed by atoms with E-state index in [9.17, 15) is 23.1 Å². The summed E-state index contributed by atoms with van der Waals surface area (Å²) in [5.74, 6) is -3.52. The van der Waals surface area contributed by atoms with Gasteiger partial charge in [0.25, 0.3) is 0 Å². The van der Waals surface area contributed by atoms with Crippen LogP contribution < -0.4 is 10.6 Å². The van der Waals surface area contributed by atoms with Gasteiger partial charge in [0.15, 0.2) is 11.6 Å². The molecule has 3 N–H and O–H groups in total. The standard InChI is InChI=1S/C13H11F3N2O2S/c14-8-3-9(15)12(10(16)4-8)18-13(20)17-5-11(19)7-1-2-21-6-7/h1-4,6,11,19H,5H2,(H2,17,18,20). The van der Waals surface area contributed by atoms with E-state index in [1.165, 1.54) is 11.3 Å².